The first kappa shape index (κ1) is 12.7. The van der Waals surface area contributed by atoms with E-state index >= 15 is 0 Å². The van der Waals surface area contributed by atoms with E-state index in [1.54, 1.807) is 0 Å². The van der Waals surface area contributed by atoms with Crippen molar-refractivity contribution in [3.05, 3.63) is 29.3 Å². The second-order valence-electron chi connectivity index (χ2n) is 4.45. The second-order valence-corrected chi connectivity index (χ2v) is 4.89. The van der Waals surface area contributed by atoms with Gasteiger partial charge in [0.2, 0.25) is 0 Å². The summed E-state index contributed by atoms with van der Waals surface area (Å²) in [7, 11) is 0. The standard InChI is InChI=1S/C13H18ClFN2/c1-2-17(9-12-7-11(15)8-16-12)13-5-3-10(14)4-6-13/h3-6,11-12,16H,2,7-9H2,1H3/t11-,12?/m0/s1. The molecule has 1 aliphatic heterocycles. The molecule has 1 saturated heterocycles. The predicted molar refractivity (Wildman–Crippen MR) is 70.6 cm³/mol. The zero-order valence-corrected chi connectivity index (χ0v) is 10.8. The smallest absolute Gasteiger partial charge is 0.114 e. The van der Waals surface area contributed by atoms with Crippen LogP contribution in [0.2, 0.25) is 5.02 Å². The molecule has 2 rings (SSSR count). The van der Waals surface area contributed by atoms with E-state index in [0.29, 0.717) is 13.0 Å². The number of anilines is 1. The number of nitrogens with zero attached hydrogens (tertiary/aromatic N) is 1. The number of hydrogen-bond acceptors (Lipinski definition) is 2. The first-order valence-corrected chi connectivity index (χ1v) is 6.44. The minimum absolute atomic E-state index is 0.251. The van der Waals surface area contributed by atoms with Crippen LogP contribution in [0.4, 0.5) is 10.1 Å². The van der Waals surface area contributed by atoms with Crippen LogP contribution in [0, 0.1) is 0 Å². The van der Waals surface area contributed by atoms with Crippen LogP contribution in [0.25, 0.3) is 0 Å². The molecule has 0 amide bonds. The largest absolute Gasteiger partial charge is 0.370 e. The van der Waals surface area contributed by atoms with Gasteiger partial charge in [-0.1, -0.05) is 11.6 Å². The van der Waals surface area contributed by atoms with Crippen molar-refractivity contribution in [2.24, 2.45) is 0 Å². The number of alkyl halides is 1. The van der Waals surface area contributed by atoms with Crippen LogP contribution in [-0.4, -0.2) is 31.8 Å². The molecular formula is C13H18ClFN2. The molecule has 4 heteroatoms. The van der Waals surface area contributed by atoms with Gasteiger partial charge in [0.1, 0.15) is 6.17 Å². The highest BCUT2D eigenvalue weighted by Crippen LogP contribution is 2.20. The summed E-state index contributed by atoms with van der Waals surface area (Å²) in [6.07, 6.45) is -0.0756. The Morgan fingerprint density at radius 2 is 2.12 bits per heavy atom. The number of likely N-dealkylation sites (N-methyl/N-ethyl adjacent to an activating group) is 1. The third-order valence-corrected chi connectivity index (χ3v) is 3.43. The van der Waals surface area contributed by atoms with Gasteiger partial charge in [0.25, 0.3) is 0 Å². The molecule has 0 radical (unpaired) electrons. The van der Waals surface area contributed by atoms with E-state index in [1.807, 2.05) is 24.3 Å². The molecule has 1 fully saturated rings. The average Bonchev–Trinajstić information content (AvgIpc) is 2.73. The van der Waals surface area contributed by atoms with E-state index in [-0.39, 0.29) is 6.04 Å². The molecule has 1 unspecified atom stereocenters. The van der Waals surface area contributed by atoms with Gasteiger partial charge >= 0.3 is 0 Å². The highest BCUT2D eigenvalue weighted by Gasteiger charge is 2.24. The minimum Gasteiger partial charge on any atom is -0.370 e. The molecule has 17 heavy (non-hydrogen) atoms. The number of hydrogen-bond donors (Lipinski definition) is 1. The zero-order chi connectivity index (χ0) is 12.3. The monoisotopic (exact) mass is 256 g/mol. The van der Waals surface area contributed by atoms with Crippen LogP contribution in [0.1, 0.15) is 13.3 Å². The summed E-state index contributed by atoms with van der Waals surface area (Å²) in [5.74, 6) is 0. The lowest BCUT2D eigenvalue weighted by Crippen LogP contribution is -2.37. The lowest BCUT2D eigenvalue weighted by atomic mass is 10.2. The van der Waals surface area contributed by atoms with Crippen LogP contribution in [0.5, 0.6) is 0 Å². The topological polar surface area (TPSA) is 15.3 Å². The van der Waals surface area contributed by atoms with E-state index < -0.39 is 6.17 Å². The molecule has 0 aliphatic carbocycles. The van der Waals surface area contributed by atoms with Gasteiger partial charge in [-0.3, -0.25) is 0 Å². The summed E-state index contributed by atoms with van der Waals surface area (Å²) in [6.45, 7) is 4.36. The molecule has 0 bridgehead atoms. The third kappa shape index (κ3) is 3.33. The molecule has 0 saturated carbocycles. The molecule has 0 aromatic heterocycles. The van der Waals surface area contributed by atoms with Crippen LogP contribution in [0.15, 0.2) is 24.3 Å². The van der Waals surface area contributed by atoms with Gasteiger partial charge in [-0.05, 0) is 37.6 Å². The third-order valence-electron chi connectivity index (χ3n) is 3.18. The number of rotatable bonds is 4. The van der Waals surface area contributed by atoms with Crippen molar-refractivity contribution in [1.82, 2.24) is 5.32 Å². The maximum atomic E-state index is 13.1. The molecule has 1 heterocycles. The van der Waals surface area contributed by atoms with Crippen molar-refractivity contribution in [3.8, 4) is 0 Å². The Bertz CT molecular complexity index is 355. The van der Waals surface area contributed by atoms with Gasteiger partial charge in [0, 0.05) is 36.4 Å². The summed E-state index contributed by atoms with van der Waals surface area (Å²) in [5.41, 5.74) is 1.14. The Hall–Kier alpha value is -0.800. The van der Waals surface area contributed by atoms with E-state index in [2.05, 4.69) is 17.1 Å². The summed E-state index contributed by atoms with van der Waals surface area (Å²) >= 11 is 5.87. The average molecular weight is 257 g/mol. The molecule has 1 N–H and O–H groups in total. The van der Waals surface area contributed by atoms with Gasteiger partial charge < -0.3 is 10.2 Å². The first-order chi connectivity index (χ1) is 8.19. The van der Waals surface area contributed by atoms with Crippen LogP contribution < -0.4 is 10.2 Å². The van der Waals surface area contributed by atoms with Crippen molar-refractivity contribution in [3.63, 3.8) is 0 Å². The molecule has 1 aliphatic rings. The Morgan fingerprint density at radius 3 is 2.65 bits per heavy atom. The first-order valence-electron chi connectivity index (χ1n) is 6.07. The van der Waals surface area contributed by atoms with Crippen molar-refractivity contribution in [2.75, 3.05) is 24.5 Å². The molecule has 94 valence electrons. The summed E-state index contributed by atoms with van der Waals surface area (Å²) in [5, 5.41) is 3.95. The highest BCUT2D eigenvalue weighted by molar-refractivity contribution is 6.30. The minimum atomic E-state index is -0.691. The maximum Gasteiger partial charge on any atom is 0.114 e. The Labute approximate surface area is 107 Å². The van der Waals surface area contributed by atoms with Gasteiger partial charge in [0.15, 0.2) is 0 Å². The molecular weight excluding hydrogens is 239 g/mol. The van der Waals surface area contributed by atoms with Crippen molar-refractivity contribution in [2.45, 2.75) is 25.6 Å². The highest BCUT2D eigenvalue weighted by atomic mass is 35.5. The van der Waals surface area contributed by atoms with E-state index in [4.69, 9.17) is 11.6 Å². The summed E-state index contributed by atoms with van der Waals surface area (Å²) in [4.78, 5) is 2.24. The molecule has 2 nitrogen and oxygen atoms in total. The SMILES string of the molecule is CCN(CC1C[C@H](F)CN1)c1ccc(Cl)cc1. The Kier molecular flexibility index (Phi) is 4.24. The Morgan fingerprint density at radius 1 is 1.41 bits per heavy atom. The maximum absolute atomic E-state index is 13.1. The molecule has 1 aromatic carbocycles. The lowest BCUT2D eigenvalue weighted by molar-refractivity contribution is 0.355. The zero-order valence-electron chi connectivity index (χ0n) is 10.00. The molecule has 1 aromatic rings. The van der Waals surface area contributed by atoms with Crippen molar-refractivity contribution < 1.29 is 4.39 Å². The molecule has 0 spiro atoms. The second kappa shape index (κ2) is 5.69. The van der Waals surface area contributed by atoms with E-state index in [9.17, 15) is 4.39 Å². The predicted octanol–water partition coefficient (Wildman–Crippen LogP) is 2.87. The fourth-order valence-electron chi connectivity index (χ4n) is 2.24. The Balaban J connectivity index is 1.98. The fourth-order valence-corrected chi connectivity index (χ4v) is 2.37. The fraction of sp³-hybridized carbons (Fsp3) is 0.538. The number of halogens is 2. The van der Waals surface area contributed by atoms with Crippen LogP contribution in [-0.2, 0) is 0 Å². The number of nitrogens with one attached hydrogen (secondary N) is 1. The van der Waals surface area contributed by atoms with Gasteiger partial charge in [-0.15, -0.1) is 0 Å². The van der Waals surface area contributed by atoms with Gasteiger partial charge in [0.05, 0.1) is 0 Å². The van der Waals surface area contributed by atoms with Crippen LogP contribution in [0.3, 0.4) is 0 Å². The van der Waals surface area contributed by atoms with Gasteiger partial charge in [-0.25, -0.2) is 4.39 Å². The van der Waals surface area contributed by atoms with Gasteiger partial charge in [-0.2, -0.15) is 0 Å². The summed E-state index contributed by atoms with van der Waals surface area (Å²) in [6, 6.07) is 8.04. The quantitative estimate of drug-likeness (QED) is 0.891. The van der Waals surface area contributed by atoms with E-state index in [1.165, 1.54) is 0 Å². The van der Waals surface area contributed by atoms with Crippen molar-refractivity contribution in [1.29, 1.82) is 0 Å². The lowest BCUT2D eigenvalue weighted by Gasteiger charge is -2.26. The normalized spacial score (nSPS) is 23.9. The summed E-state index contributed by atoms with van der Waals surface area (Å²) < 4.78 is 13.1. The van der Waals surface area contributed by atoms with Crippen molar-refractivity contribution >= 4 is 17.3 Å². The molecule has 2 atom stereocenters. The van der Waals surface area contributed by atoms with E-state index in [0.717, 1.165) is 23.8 Å². The number of benzene rings is 1. The van der Waals surface area contributed by atoms with Crippen LogP contribution >= 0.6 is 11.6 Å².